The van der Waals surface area contributed by atoms with Gasteiger partial charge in [0.05, 0.1) is 23.3 Å². The van der Waals surface area contributed by atoms with Gasteiger partial charge in [0.2, 0.25) is 5.91 Å². The molecule has 1 amide bonds. The quantitative estimate of drug-likeness (QED) is 0.611. The van der Waals surface area contributed by atoms with Crippen molar-refractivity contribution in [3.8, 4) is 10.7 Å². The third-order valence-corrected chi connectivity index (χ3v) is 10.2. The molecule has 2 bridgehead atoms. The van der Waals surface area contributed by atoms with Crippen LogP contribution in [0.2, 0.25) is 0 Å². The van der Waals surface area contributed by atoms with Gasteiger partial charge in [-0.15, -0.1) is 21.5 Å². The van der Waals surface area contributed by atoms with E-state index < -0.39 is 0 Å². The smallest absolute Gasteiger partial charge is 0.230 e. The highest BCUT2D eigenvalue weighted by Crippen LogP contribution is 2.65. The molecule has 2 aliphatic carbocycles. The van der Waals surface area contributed by atoms with Gasteiger partial charge in [0.1, 0.15) is 0 Å². The van der Waals surface area contributed by atoms with Crippen LogP contribution in [-0.2, 0) is 16.1 Å². The molecule has 0 unspecified atom stereocenters. The molecule has 168 valence electrons. The van der Waals surface area contributed by atoms with Crippen LogP contribution in [0.4, 0.5) is 0 Å². The van der Waals surface area contributed by atoms with E-state index in [0.717, 1.165) is 54.2 Å². The Balaban J connectivity index is 1.26. The van der Waals surface area contributed by atoms with Crippen LogP contribution in [0.3, 0.4) is 0 Å². The Kier molecular flexibility index (Phi) is 5.67. The lowest BCUT2D eigenvalue weighted by Gasteiger charge is -2.39. The Labute approximate surface area is 192 Å². The zero-order valence-electron chi connectivity index (χ0n) is 18.6. The van der Waals surface area contributed by atoms with E-state index in [1.54, 1.807) is 11.3 Å². The van der Waals surface area contributed by atoms with E-state index >= 15 is 0 Å². The van der Waals surface area contributed by atoms with Crippen LogP contribution in [0.1, 0.15) is 52.9 Å². The maximum atomic E-state index is 12.9. The fourth-order valence-corrected chi connectivity index (χ4v) is 7.40. The van der Waals surface area contributed by atoms with E-state index in [-0.39, 0.29) is 23.5 Å². The zero-order valence-corrected chi connectivity index (χ0v) is 20.2. The van der Waals surface area contributed by atoms with Gasteiger partial charge in [-0.25, -0.2) is 0 Å². The Morgan fingerprint density at radius 2 is 2.23 bits per heavy atom. The van der Waals surface area contributed by atoms with Gasteiger partial charge < -0.3 is 10.1 Å². The molecule has 1 saturated heterocycles. The number of hydrogen-bond donors (Lipinski definition) is 1. The second kappa shape index (κ2) is 8.19. The number of fused-ring (bicyclic) bond motifs is 2. The van der Waals surface area contributed by atoms with Crippen LogP contribution >= 0.6 is 23.1 Å². The predicted octanol–water partition coefficient (Wildman–Crippen LogP) is 4.61. The van der Waals surface area contributed by atoms with Gasteiger partial charge in [-0.3, -0.25) is 9.36 Å². The molecule has 2 aromatic rings. The monoisotopic (exact) mass is 460 g/mol. The molecule has 0 spiro atoms. The molecular weight excluding hydrogens is 428 g/mol. The van der Waals surface area contributed by atoms with Crippen LogP contribution in [-0.4, -0.2) is 45.2 Å². The SMILES string of the molecule is CC1(C)[C@H]2CC[C@@]1(C)[C@H](NC(=O)CSc1nnc(-c3cccs3)n1C[C@@H]1CCCO1)C2. The van der Waals surface area contributed by atoms with Gasteiger partial charge in [-0.05, 0) is 60.3 Å². The van der Waals surface area contributed by atoms with E-state index in [4.69, 9.17) is 4.74 Å². The van der Waals surface area contributed by atoms with Crippen molar-refractivity contribution in [2.45, 2.75) is 76.7 Å². The topological polar surface area (TPSA) is 69.0 Å². The second-order valence-electron chi connectivity index (χ2n) is 10.0. The molecule has 2 saturated carbocycles. The number of carbonyl (C=O) groups excluding carboxylic acids is 1. The lowest BCUT2D eigenvalue weighted by molar-refractivity contribution is -0.120. The summed E-state index contributed by atoms with van der Waals surface area (Å²) in [6.07, 6.45) is 5.97. The van der Waals surface area contributed by atoms with E-state index in [9.17, 15) is 4.79 Å². The number of hydrogen-bond acceptors (Lipinski definition) is 6. The van der Waals surface area contributed by atoms with Crippen LogP contribution in [0.25, 0.3) is 10.7 Å². The summed E-state index contributed by atoms with van der Waals surface area (Å²) in [7, 11) is 0. The first-order chi connectivity index (χ1) is 14.9. The molecule has 6 nitrogen and oxygen atoms in total. The third kappa shape index (κ3) is 3.74. The van der Waals surface area contributed by atoms with Crippen LogP contribution in [0.5, 0.6) is 0 Å². The van der Waals surface area contributed by atoms with Crippen molar-refractivity contribution >= 4 is 29.0 Å². The zero-order chi connectivity index (χ0) is 21.6. The van der Waals surface area contributed by atoms with Gasteiger partial charge in [-0.1, -0.05) is 38.6 Å². The predicted molar refractivity (Wildman–Crippen MR) is 124 cm³/mol. The van der Waals surface area contributed by atoms with E-state index in [2.05, 4.69) is 52.3 Å². The number of aromatic nitrogens is 3. The molecule has 8 heteroatoms. The number of thioether (sulfide) groups is 1. The Morgan fingerprint density at radius 3 is 2.87 bits per heavy atom. The van der Waals surface area contributed by atoms with Gasteiger partial charge in [0.25, 0.3) is 0 Å². The first kappa shape index (κ1) is 21.5. The van der Waals surface area contributed by atoms with E-state index in [1.165, 1.54) is 24.6 Å². The van der Waals surface area contributed by atoms with Crippen molar-refractivity contribution in [2.75, 3.05) is 12.4 Å². The summed E-state index contributed by atoms with van der Waals surface area (Å²) in [4.78, 5) is 14.0. The van der Waals surface area contributed by atoms with Crippen LogP contribution in [0, 0.1) is 16.7 Å². The standard InChI is InChI=1S/C23H32N4O2S2/c1-22(2)15-8-9-23(22,3)18(12-15)24-19(28)14-31-21-26-25-20(17-7-5-11-30-17)27(21)13-16-6-4-10-29-16/h5,7,11,15-16,18H,4,6,8-10,12-14H2,1-3H3,(H,24,28)/t15-,16-,18+,23-/m0/s1. The first-order valence-electron chi connectivity index (χ1n) is 11.4. The minimum atomic E-state index is 0.101. The number of rotatable bonds is 7. The summed E-state index contributed by atoms with van der Waals surface area (Å²) in [5.41, 5.74) is 0.499. The molecule has 5 rings (SSSR count). The lowest BCUT2D eigenvalue weighted by Crippen LogP contribution is -2.47. The van der Waals surface area contributed by atoms with Gasteiger partial charge in [0.15, 0.2) is 11.0 Å². The van der Waals surface area contributed by atoms with Crippen molar-refractivity contribution < 1.29 is 9.53 Å². The molecule has 3 fully saturated rings. The molecular formula is C23H32N4O2S2. The van der Waals surface area contributed by atoms with E-state index in [0.29, 0.717) is 11.2 Å². The summed E-state index contributed by atoms with van der Waals surface area (Å²) in [6.45, 7) is 8.68. The molecule has 3 aliphatic rings. The highest BCUT2D eigenvalue weighted by atomic mass is 32.2. The summed E-state index contributed by atoms with van der Waals surface area (Å²) in [5, 5.41) is 15.1. The lowest BCUT2D eigenvalue weighted by atomic mass is 9.69. The number of nitrogens with zero attached hydrogens (tertiary/aromatic N) is 3. The fraction of sp³-hybridized carbons (Fsp3) is 0.696. The van der Waals surface area contributed by atoms with Gasteiger partial charge >= 0.3 is 0 Å². The van der Waals surface area contributed by atoms with Crippen molar-refractivity contribution in [3.63, 3.8) is 0 Å². The van der Waals surface area contributed by atoms with Crippen LogP contribution < -0.4 is 5.32 Å². The third-order valence-electron chi connectivity index (χ3n) is 8.33. The summed E-state index contributed by atoms with van der Waals surface area (Å²) >= 11 is 3.15. The Bertz CT molecular complexity index is 936. The number of ether oxygens (including phenoxy) is 1. The molecule has 1 aliphatic heterocycles. The minimum Gasteiger partial charge on any atom is -0.376 e. The normalized spacial score (nSPS) is 31.4. The molecule has 4 atom stereocenters. The maximum absolute atomic E-state index is 12.9. The first-order valence-corrected chi connectivity index (χ1v) is 13.3. The van der Waals surface area contributed by atoms with Crippen molar-refractivity contribution in [1.82, 2.24) is 20.1 Å². The summed E-state index contributed by atoms with van der Waals surface area (Å²) < 4.78 is 8.01. The largest absolute Gasteiger partial charge is 0.376 e. The number of amides is 1. The van der Waals surface area contributed by atoms with Crippen molar-refractivity contribution in [3.05, 3.63) is 17.5 Å². The molecule has 2 aromatic heterocycles. The molecule has 0 aromatic carbocycles. The van der Waals surface area contributed by atoms with Gasteiger partial charge in [-0.2, -0.15) is 0 Å². The maximum Gasteiger partial charge on any atom is 0.230 e. The average molecular weight is 461 g/mol. The van der Waals surface area contributed by atoms with Crippen molar-refractivity contribution in [1.29, 1.82) is 0 Å². The molecule has 0 radical (unpaired) electrons. The van der Waals surface area contributed by atoms with Crippen molar-refractivity contribution in [2.24, 2.45) is 16.7 Å². The molecule has 1 N–H and O–H groups in total. The molecule has 31 heavy (non-hydrogen) atoms. The summed E-state index contributed by atoms with van der Waals surface area (Å²) in [6, 6.07) is 4.38. The van der Waals surface area contributed by atoms with Gasteiger partial charge in [0, 0.05) is 12.6 Å². The average Bonchev–Trinajstić information content (AvgIpc) is 3.54. The van der Waals surface area contributed by atoms with E-state index in [1.807, 2.05) is 6.07 Å². The number of thiophene rings is 1. The Morgan fingerprint density at radius 1 is 1.35 bits per heavy atom. The second-order valence-corrected chi connectivity index (χ2v) is 11.9. The fourth-order valence-electron chi connectivity index (χ4n) is 5.93. The summed E-state index contributed by atoms with van der Waals surface area (Å²) in [5.74, 6) is 2.06. The minimum absolute atomic E-state index is 0.101. The Hall–Kier alpha value is -1.38. The van der Waals surface area contributed by atoms with Crippen LogP contribution in [0.15, 0.2) is 22.7 Å². The number of nitrogens with one attached hydrogen (secondary N) is 1. The number of carbonyl (C=O) groups is 1. The molecule has 3 heterocycles. The highest BCUT2D eigenvalue weighted by Gasteiger charge is 2.61. The highest BCUT2D eigenvalue weighted by molar-refractivity contribution is 7.99.